The summed E-state index contributed by atoms with van der Waals surface area (Å²) in [6, 6.07) is 2.61. The largest absolute Gasteiger partial charge is 0.397 e. The summed E-state index contributed by atoms with van der Waals surface area (Å²) in [5.41, 5.74) is 7.54. The number of anilines is 2. The maximum absolute atomic E-state index is 5.72. The van der Waals surface area contributed by atoms with Crippen molar-refractivity contribution in [2.75, 3.05) is 31.2 Å². The molecular formula is C13H24N4. The maximum atomic E-state index is 5.72. The van der Waals surface area contributed by atoms with Crippen molar-refractivity contribution in [3.05, 3.63) is 17.8 Å². The van der Waals surface area contributed by atoms with Crippen molar-refractivity contribution < 1.29 is 0 Å². The quantitative estimate of drug-likeness (QED) is 0.794. The van der Waals surface area contributed by atoms with E-state index in [0.29, 0.717) is 6.04 Å². The standard InChI is InChI=1S/C13H24N4/c1-5-11(3)17(4)7-6-15-13-8-10(2)12(14)9-16-13/h8-9,11H,5-7,14H2,1-4H3,(H,15,16). The van der Waals surface area contributed by atoms with Crippen LogP contribution in [0, 0.1) is 6.92 Å². The summed E-state index contributed by atoms with van der Waals surface area (Å²) in [6.45, 7) is 8.36. The van der Waals surface area contributed by atoms with E-state index in [2.05, 4.69) is 36.1 Å². The van der Waals surface area contributed by atoms with E-state index in [4.69, 9.17) is 5.73 Å². The van der Waals surface area contributed by atoms with Gasteiger partial charge in [-0.3, -0.25) is 0 Å². The summed E-state index contributed by atoms with van der Waals surface area (Å²) in [7, 11) is 2.15. The van der Waals surface area contributed by atoms with Crippen LogP contribution in [0.5, 0.6) is 0 Å². The lowest BCUT2D eigenvalue weighted by Gasteiger charge is -2.23. The van der Waals surface area contributed by atoms with E-state index in [9.17, 15) is 0 Å². The number of nitrogens with one attached hydrogen (secondary N) is 1. The van der Waals surface area contributed by atoms with Crippen LogP contribution in [0.1, 0.15) is 25.8 Å². The van der Waals surface area contributed by atoms with Gasteiger partial charge in [0.2, 0.25) is 0 Å². The number of hydrogen-bond donors (Lipinski definition) is 2. The summed E-state index contributed by atoms with van der Waals surface area (Å²) in [5.74, 6) is 0.897. The Bertz CT molecular complexity index is 351. The predicted octanol–water partition coefficient (Wildman–Crippen LogP) is 2.11. The van der Waals surface area contributed by atoms with Gasteiger partial charge in [-0.2, -0.15) is 0 Å². The van der Waals surface area contributed by atoms with Crippen LogP contribution in [-0.4, -0.2) is 36.1 Å². The third-order valence-electron chi connectivity index (χ3n) is 3.27. The van der Waals surface area contributed by atoms with Gasteiger partial charge < -0.3 is 16.0 Å². The molecule has 96 valence electrons. The topological polar surface area (TPSA) is 54.2 Å². The van der Waals surface area contributed by atoms with Crippen LogP contribution in [0.3, 0.4) is 0 Å². The molecule has 0 aromatic carbocycles. The van der Waals surface area contributed by atoms with Crippen LogP contribution in [0.2, 0.25) is 0 Å². The molecule has 1 aromatic heterocycles. The average Bonchev–Trinajstić information content (AvgIpc) is 2.32. The van der Waals surface area contributed by atoms with Crippen molar-refractivity contribution in [2.24, 2.45) is 0 Å². The third kappa shape index (κ3) is 4.23. The second-order valence-corrected chi connectivity index (χ2v) is 4.59. The molecule has 0 spiro atoms. The molecule has 0 fully saturated rings. The number of aromatic nitrogens is 1. The van der Waals surface area contributed by atoms with E-state index in [0.717, 1.165) is 30.2 Å². The summed E-state index contributed by atoms with van der Waals surface area (Å²) in [6.07, 6.45) is 2.88. The van der Waals surface area contributed by atoms with Gasteiger partial charge in [0.25, 0.3) is 0 Å². The van der Waals surface area contributed by atoms with Crippen molar-refractivity contribution in [1.29, 1.82) is 0 Å². The highest BCUT2D eigenvalue weighted by molar-refractivity contribution is 5.50. The van der Waals surface area contributed by atoms with Gasteiger partial charge in [-0.1, -0.05) is 6.92 Å². The molecule has 0 radical (unpaired) electrons. The molecule has 0 saturated carbocycles. The number of rotatable bonds is 6. The molecule has 4 nitrogen and oxygen atoms in total. The highest BCUT2D eigenvalue weighted by Crippen LogP contribution is 2.12. The minimum absolute atomic E-state index is 0.623. The molecule has 1 aromatic rings. The molecule has 3 N–H and O–H groups in total. The Kier molecular flexibility index (Phi) is 5.22. The fourth-order valence-corrected chi connectivity index (χ4v) is 1.56. The van der Waals surface area contributed by atoms with Crippen LogP contribution in [-0.2, 0) is 0 Å². The number of nitrogens with zero attached hydrogens (tertiary/aromatic N) is 2. The molecule has 0 aliphatic heterocycles. The fourth-order valence-electron chi connectivity index (χ4n) is 1.56. The van der Waals surface area contributed by atoms with E-state index >= 15 is 0 Å². The van der Waals surface area contributed by atoms with E-state index in [1.807, 2.05) is 13.0 Å². The van der Waals surface area contributed by atoms with E-state index in [1.165, 1.54) is 6.42 Å². The van der Waals surface area contributed by atoms with Gasteiger partial charge in [0.15, 0.2) is 0 Å². The lowest BCUT2D eigenvalue weighted by atomic mass is 10.2. The van der Waals surface area contributed by atoms with Gasteiger partial charge in [0.05, 0.1) is 11.9 Å². The van der Waals surface area contributed by atoms with Crippen molar-refractivity contribution in [1.82, 2.24) is 9.88 Å². The molecule has 1 unspecified atom stereocenters. The van der Waals surface area contributed by atoms with Crippen LogP contribution in [0.15, 0.2) is 12.3 Å². The lowest BCUT2D eigenvalue weighted by molar-refractivity contribution is 0.261. The first-order valence-corrected chi connectivity index (χ1v) is 6.20. The van der Waals surface area contributed by atoms with Crippen molar-refractivity contribution in [2.45, 2.75) is 33.2 Å². The minimum Gasteiger partial charge on any atom is -0.397 e. The van der Waals surface area contributed by atoms with Gasteiger partial charge >= 0.3 is 0 Å². The second-order valence-electron chi connectivity index (χ2n) is 4.59. The first-order valence-electron chi connectivity index (χ1n) is 6.20. The summed E-state index contributed by atoms with van der Waals surface area (Å²) < 4.78 is 0. The number of nitrogen functional groups attached to an aromatic ring is 1. The van der Waals surface area contributed by atoms with Gasteiger partial charge in [-0.25, -0.2) is 4.98 Å². The average molecular weight is 236 g/mol. The summed E-state index contributed by atoms with van der Waals surface area (Å²) in [5, 5.41) is 3.31. The second kappa shape index (κ2) is 6.45. The van der Waals surface area contributed by atoms with Gasteiger partial charge in [-0.05, 0) is 38.9 Å². The molecular weight excluding hydrogens is 212 g/mol. The zero-order valence-corrected chi connectivity index (χ0v) is 11.3. The number of likely N-dealkylation sites (N-methyl/N-ethyl adjacent to an activating group) is 1. The summed E-state index contributed by atoms with van der Waals surface area (Å²) >= 11 is 0. The molecule has 1 rings (SSSR count). The number of aryl methyl sites for hydroxylation is 1. The summed E-state index contributed by atoms with van der Waals surface area (Å²) in [4.78, 5) is 6.59. The Morgan fingerprint density at radius 2 is 2.24 bits per heavy atom. The molecule has 1 heterocycles. The molecule has 0 aliphatic rings. The Labute approximate surface area is 104 Å². The first-order chi connectivity index (χ1) is 8.04. The van der Waals surface area contributed by atoms with Crippen LogP contribution >= 0.6 is 0 Å². The monoisotopic (exact) mass is 236 g/mol. The highest BCUT2D eigenvalue weighted by atomic mass is 15.1. The number of nitrogens with two attached hydrogens (primary N) is 1. The fraction of sp³-hybridized carbons (Fsp3) is 0.615. The zero-order chi connectivity index (χ0) is 12.8. The third-order valence-corrected chi connectivity index (χ3v) is 3.27. The molecule has 1 atom stereocenters. The van der Waals surface area contributed by atoms with Crippen molar-refractivity contribution in [3.8, 4) is 0 Å². The number of pyridine rings is 1. The van der Waals surface area contributed by atoms with Crippen molar-refractivity contribution in [3.63, 3.8) is 0 Å². The Morgan fingerprint density at radius 1 is 1.53 bits per heavy atom. The molecule has 17 heavy (non-hydrogen) atoms. The molecule has 0 aliphatic carbocycles. The van der Waals surface area contributed by atoms with E-state index in [-0.39, 0.29) is 0 Å². The minimum atomic E-state index is 0.623. The Balaban J connectivity index is 2.38. The molecule has 0 bridgehead atoms. The lowest BCUT2D eigenvalue weighted by Crippen LogP contribution is -2.32. The number of hydrogen-bond acceptors (Lipinski definition) is 4. The van der Waals surface area contributed by atoms with E-state index < -0.39 is 0 Å². The zero-order valence-electron chi connectivity index (χ0n) is 11.3. The van der Waals surface area contributed by atoms with Gasteiger partial charge in [0, 0.05) is 19.1 Å². The van der Waals surface area contributed by atoms with Crippen molar-refractivity contribution >= 4 is 11.5 Å². The van der Waals surface area contributed by atoms with Gasteiger partial charge in [-0.15, -0.1) is 0 Å². The van der Waals surface area contributed by atoms with Gasteiger partial charge in [0.1, 0.15) is 5.82 Å². The highest BCUT2D eigenvalue weighted by Gasteiger charge is 2.05. The predicted molar refractivity (Wildman–Crippen MR) is 74.3 cm³/mol. The van der Waals surface area contributed by atoms with Crippen LogP contribution in [0.4, 0.5) is 11.5 Å². The molecule has 4 heteroatoms. The van der Waals surface area contributed by atoms with E-state index in [1.54, 1.807) is 6.20 Å². The molecule has 0 amide bonds. The Hall–Kier alpha value is -1.29. The van der Waals surface area contributed by atoms with Crippen LogP contribution < -0.4 is 11.1 Å². The smallest absolute Gasteiger partial charge is 0.126 e. The SMILES string of the molecule is CCC(C)N(C)CCNc1cc(C)c(N)cn1. The Morgan fingerprint density at radius 3 is 2.82 bits per heavy atom. The first kappa shape index (κ1) is 13.8. The molecule has 0 saturated heterocycles. The van der Waals surface area contributed by atoms with Crippen LogP contribution in [0.25, 0.3) is 0 Å². The normalized spacial score (nSPS) is 12.8. The maximum Gasteiger partial charge on any atom is 0.126 e.